The number of nitrogens with zero attached hydrogens (tertiary/aromatic N) is 4. The van der Waals surface area contributed by atoms with Crippen molar-refractivity contribution in [3.63, 3.8) is 0 Å². The van der Waals surface area contributed by atoms with Gasteiger partial charge in [0.25, 0.3) is 0 Å². The molecule has 2 amide bonds. The molecule has 1 aliphatic carbocycles. The number of pyridine rings is 1. The van der Waals surface area contributed by atoms with E-state index >= 15 is 0 Å². The maximum absolute atomic E-state index is 11.9. The third-order valence-corrected chi connectivity index (χ3v) is 4.91. The Balaban J connectivity index is 1.65. The minimum atomic E-state index is -0.316. The molecule has 148 valence electrons. The number of fused-ring (bicyclic) bond motifs is 2. The van der Waals surface area contributed by atoms with Crippen molar-refractivity contribution >= 4 is 29.1 Å². The number of nitrogens with one attached hydrogen (secondary N) is 3. The lowest BCUT2D eigenvalue weighted by Gasteiger charge is -2.08. The topological polar surface area (TPSA) is 108 Å². The standard InChI is InChI=1S/C22H19N7O/c1-2-23-22(30)29-21-27-18-11-14(15-9-13-5-3-6-17(13)26-12-15)10-16(19(18)28-21)20-24-7-4-8-25-20/h3-5,7-12H,2,6H2,1H3,(H3,23,27,28,29,30). The van der Waals surface area contributed by atoms with Crippen LogP contribution in [-0.4, -0.2) is 37.5 Å². The molecule has 0 radical (unpaired) electrons. The highest BCUT2D eigenvalue weighted by Crippen LogP contribution is 2.33. The van der Waals surface area contributed by atoms with E-state index < -0.39 is 0 Å². The Hall–Kier alpha value is -4.07. The average Bonchev–Trinajstić information content (AvgIpc) is 3.39. The molecule has 0 fully saturated rings. The Morgan fingerprint density at radius 2 is 2.00 bits per heavy atom. The van der Waals surface area contributed by atoms with E-state index in [9.17, 15) is 4.79 Å². The second-order valence-electron chi connectivity index (χ2n) is 6.93. The van der Waals surface area contributed by atoms with Crippen LogP contribution in [0, 0.1) is 0 Å². The summed E-state index contributed by atoms with van der Waals surface area (Å²) < 4.78 is 0. The Kier molecular flexibility index (Phi) is 4.44. The van der Waals surface area contributed by atoms with Crippen LogP contribution in [-0.2, 0) is 6.42 Å². The van der Waals surface area contributed by atoms with Gasteiger partial charge in [0.1, 0.15) is 5.52 Å². The molecular formula is C22H19N7O. The van der Waals surface area contributed by atoms with Gasteiger partial charge in [0.15, 0.2) is 5.82 Å². The van der Waals surface area contributed by atoms with E-state index in [4.69, 9.17) is 0 Å². The first-order valence-corrected chi connectivity index (χ1v) is 9.73. The molecule has 5 rings (SSSR count). The van der Waals surface area contributed by atoms with E-state index in [0.717, 1.165) is 39.9 Å². The number of anilines is 1. The lowest BCUT2D eigenvalue weighted by Crippen LogP contribution is -2.28. The second kappa shape index (κ2) is 7.40. The number of rotatable bonds is 4. The van der Waals surface area contributed by atoms with Crippen molar-refractivity contribution in [1.29, 1.82) is 0 Å². The largest absolute Gasteiger partial charge is 0.338 e. The van der Waals surface area contributed by atoms with Crippen molar-refractivity contribution in [3.8, 4) is 22.5 Å². The smallest absolute Gasteiger partial charge is 0.321 e. The number of aromatic amines is 1. The molecule has 3 aromatic heterocycles. The number of H-pyrrole nitrogens is 1. The van der Waals surface area contributed by atoms with Crippen molar-refractivity contribution in [2.45, 2.75) is 13.3 Å². The minimum absolute atomic E-state index is 0.316. The van der Waals surface area contributed by atoms with E-state index in [2.05, 4.69) is 53.8 Å². The molecule has 0 aliphatic heterocycles. The second-order valence-corrected chi connectivity index (χ2v) is 6.93. The fourth-order valence-electron chi connectivity index (χ4n) is 3.54. The molecule has 0 unspecified atom stereocenters. The summed E-state index contributed by atoms with van der Waals surface area (Å²) in [5.41, 5.74) is 6.42. The van der Waals surface area contributed by atoms with Gasteiger partial charge in [-0.2, -0.15) is 0 Å². The van der Waals surface area contributed by atoms with Crippen LogP contribution < -0.4 is 10.6 Å². The van der Waals surface area contributed by atoms with Gasteiger partial charge in [-0.1, -0.05) is 12.2 Å². The van der Waals surface area contributed by atoms with Crippen molar-refractivity contribution in [2.75, 3.05) is 11.9 Å². The van der Waals surface area contributed by atoms with E-state index in [1.165, 1.54) is 0 Å². The van der Waals surface area contributed by atoms with Gasteiger partial charge < -0.3 is 10.3 Å². The van der Waals surface area contributed by atoms with E-state index in [0.29, 0.717) is 23.8 Å². The van der Waals surface area contributed by atoms with Gasteiger partial charge in [0.2, 0.25) is 5.95 Å². The molecule has 0 saturated heterocycles. The molecule has 1 aromatic carbocycles. The number of carbonyl (C=O) groups is 1. The molecule has 4 aromatic rings. The first-order chi connectivity index (χ1) is 14.7. The normalized spacial score (nSPS) is 12.2. The predicted octanol–water partition coefficient (Wildman–Crippen LogP) is 3.79. The summed E-state index contributed by atoms with van der Waals surface area (Å²) >= 11 is 0. The van der Waals surface area contributed by atoms with Crippen LogP contribution >= 0.6 is 0 Å². The van der Waals surface area contributed by atoms with Crippen molar-refractivity contribution < 1.29 is 4.79 Å². The minimum Gasteiger partial charge on any atom is -0.338 e. The first-order valence-electron chi connectivity index (χ1n) is 9.73. The van der Waals surface area contributed by atoms with Crippen LogP contribution in [0.1, 0.15) is 18.2 Å². The van der Waals surface area contributed by atoms with Crippen LogP contribution in [0.2, 0.25) is 0 Å². The summed E-state index contributed by atoms with van der Waals surface area (Å²) in [6.07, 6.45) is 10.4. The maximum atomic E-state index is 11.9. The third kappa shape index (κ3) is 3.28. The van der Waals surface area contributed by atoms with Gasteiger partial charge in [0.05, 0.1) is 11.2 Å². The van der Waals surface area contributed by atoms with E-state index in [1.54, 1.807) is 18.5 Å². The van der Waals surface area contributed by atoms with Gasteiger partial charge in [0, 0.05) is 42.7 Å². The monoisotopic (exact) mass is 397 g/mol. The fraction of sp³-hybridized carbons (Fsp3) is 0.136. The zero-order valence-electron chi connectivity index (χ0n) is 16.3. The lowest BCUT2D eigenvalue weighted by atomic mass is 10.0. The highest BCUT2D eigenvalue weighted by Gasteiger charge is 2.16. The van der Waals surface area contributed by atoms with Gasteiger partial charge >= 0.3 is 6.03 Å². The van der Waals surface area contributed by atoms with Gasteiger partial charge in [-0.15, -0.1) is 0 Å². The molecule has 0 atom stereocenters. The molecular weight excluding hydrogens is 378 g/mol. The van der Waals surface area contributed by atoms with Crippen LogP contribution in [0.5, 0.6) is 0 Å². The Labute approximate surface area is 172 Å². The highest BCUT2D eigenvalue weighted by molar-refractivity contribution is 5.97. The Morgan fingerprint density at radius 3 is 2.83 bits per heavy atom. The molecule has 0 saturated carbocycles. The average molecular weight is 397 g/mol. The van der Waals surface area contributed by atoms with Crippen molar-refractivity contribution in [2.24, 2.45) is 0 Å². The summed E-state index contributed by atoms with van der Waals surface area (Å²) in [5, 5.41) is 5.42. The maximum Gasteiger partial charge on any atom is 0.321 e. The third-order valence-electron chi connectivity index (χ3n) is 4.91. The summed E-state index contributed by atoms with van der Waals surface area (Å²) in [7, 11) is 0. The molecule has 1 aliphatic rings. The molecule has 3 heterocycles. The molecule has 8 heteroatoms. The number of urea groups is 1. The number of carbonyl (C=O) groups excluding carboxylic acids is 1. The molecule has 0 spiro atoms. The Bertz CT molecular complexity index is 1280. The number of benzene rings is 1. The van der Waals surface area contributed by atoms with Crippen LogP contribution in [0.3, 0.4) is 0 Å². The fourth-order valence-corrected chi connectivity index (χ4v) is 3.54. The lowest BCUT2D eigenvalue weighted by molar-refractivity contribution is 0.252. The molecule has 3 N–H and O–H groups in total. The molecule has 30 heavy (non-hydrogen) atoms. The number of imidazole rings is 1. The van der Waals surface area contributed by atoms with E-state index in [1.807, 2.05) is 25.3 Å². The SMILES string of the molecule is CCNC(=O)Nc1nc2c(-c3ncccn3)cc(-c3cnc4c(c3)C=CC4)cc2[nH]1. The number of hydrogen-bond donors (Lipinski definition) is 3. The summed E-state index contributed by atoms with van der Waals surface area (Å²) in [4.78, 5) is 33.1. The number of amides is 2. The number of hydrogen-bond acceptors (Lipinski definition) is 5. The summed E-state index contributed by atoms with van der Waals surface area (Å²) in [5.74, 6) is 0.926. The van der Waals surface area contributed by atoms with Gasteiger partial charge in [-0.05, 0) is 42.3 Å². The highest BCUT2D eigenvalue weighted by atomic mass is 16.2. The molecule has 8 nitrogen and oxygen atoms in total. The number of allylic oxidation sites excluding steroid dienone is 1. The zero-order chi connectivity index (χ0) is 20.5. The van der Waals surface area contributed by atoms with Crippen LogP contribution in [0.4, 0.5) is 10.7 Å². The quantitative estimate of drug-likeness (QED) is 0.485. The number of aromatic nitrogens is 5. The Morgan fingerprint density at radius 1 is 1.13 bits per heavy atom. The van der Waals surface area contributed by atoms with Crippen molar-refractivity contribution in [1.82, 2.24) is 30.2 Å². The van der Waals surface area contributed by atoms with Gasteiger partial charge in [-0.25, -0.2) is 19.7 Å². The molecule has 0 bridgehead atoms. The summed E-state index contributed by atoms with van der Waals surface area (Å²) in [6.45, 7) is 2.38. The summed E-state index contributed by atoms with van der Waals surface area (Å²) in [6, 6.07) is 7.60. The van der Waals surface area contributed by atoms with Gasteiger partial charge in [-0.3, -0.25) is 10.3 Å². The van der Waals surface area contributed by atoms with Crippen LogP contribution in [0.25, 0.3) is 39.6 Å². The zero-order valence-corrected chi connectivity index (χ0v) is 16.3. The predicted molar refractivity (Wildman–Crippen MR) is 116 cm³/mol. The van der Waals surface area contributed by atoms with Crippen LogP contribution in [0.15, 0.2) is 48.9 Å². The van der Waals surface area contributed by atoms with Crippen molar-refractivity contribution in [3.05, 3.63) is 60.2 Å². The first kappa shape index (κ1) is 18.0. The van der Waals surface area contributed by atoms with E-state index in [-0.39, 0.29) is 6.03 Å².